The summed E-state index contributed by atoms with van der Waals surface area (Å²) in [5, 5.41) is 9.94. The summed E-state index contributed by atoms with van der Waals surface area (Å²) in [5.74, 6) is 1.99. The maximum Gasteiger partial charge on any atom is 0.225 e. The summed E-state index contributed by atoms with van der Waals surface area (Å²) in [5.41, 5.74) is 1.15. The number of nitrogens with zero attached hydrogens (tertiary/aromatic N) is 4. The molecule has 2 heterocycles. The molecule has 1 aromatic rings. The summed E-state index contributed by atoms with van der Waals surface area (Å²) in [6.45, 7) is 13.3. The summed E-state index contributed by atoms with van der Waals surface area (Å²) >= 11 is 1.68. The number of aromatic nitrogens is 1. The van der Waals surface area contributed by atoms with E-state index in [9.17, 15) is 4.79 Å². The lowest BCUT2D eigenvalue weighted by molar-refractivity contribution is -0.137. The van der Waals surface area contributed by atoms with Gasteiger partial charge in [-0.05, 0) is 25.7 Å². The average Bonchev–Trinajstić information content (AvgIpc) is 3.44. The molecule has 30 heavy (non-hydrogen) atoms. The zero-order valence-electron chi connectivity index (χ0n) is 18.8. The quantitative estimate of drug-likeness (QED) is 0.486. The Hall–Kier alpha value is -1.67. The Kier molecular flexibility index (Phi) is 8.93. The number of piperazine rings is 1. The second-order valence-electron chi connectivity index (χ2n) is 8.59. The highest BCUT2D eigenvalue weighted by Crippen LogP contribution is 2.26. The van der Waals surface area contributed by atoms with E-state index >= 15 is 0 Å². The largest absolute Gasteiger partial charge is 0.357 e. The third-order valence-electron chi connectivity index (χ3n) is 5.99. The molecule has 0 unspecified atom stereocenters. The minimum Gasteiger partial charge on any atom is -0.357 e. The molecule has 1 saturated carbocycles. The smallest absolute Gasteiger partial charge is 0.225 e. The molecule has 0 radical (unpaired) electrons. The number of guanidine groups is 1. The van der Waals surface area contributed by atoms with E-state index in [1.807, 2.05) is 0 Å². The molecule has 1 aliphatic heterocycles. The first-order chi connectivity index (χ1) is 14.6. The molecule has 0 atom stereocenters. The molecule has 7 nitrogen and oxygen atoms in total. The van der Waals surface area contributed by atoms with Gasteiger partial charge in [-0.3, -0.25) is 9.69 Å². The lowest BCUT2D eigenvalue weighted by Gasteiger charge is -2.36. The minimum atomic E-state index is 0.298. The number of nitrogens with one attached hydrogen (secondary N) is 2. The summed E-state index contributed by atoms with van der Waals surface area (Å²) in [7, 11) is 0. The molecule has 168 valence electrons. The third-order valence-corrected chi connectivity index (χ3v) is 6.84. The van der Waals surface area contributed by atoms with Crippen LogP contribution in [0.5, 0.6) is 0 Å². The maximum absolute atomic E-state index is 12.6. The summed E-state index contributed by atoms with van der Waals surface area (Å²) < 4.78 is 0. The van der Waals surface area contributed by atoms with Crippen LogP contribution in [-0.2, 0) is 11.3 Å². The van der Waals surface area contributed by atoms with Crippen LogP contribution in [0.2, 0.25) is 0 Å². The predicted octanol–water partition coefficient (Wildman–Crippen LogP) is 2.66. The predicted molar refractivity (Wildman–Crippen MR) is 124 cm³/mol. The van der Waals surface area contributed by atoms with E-state index in [1.165, 1.54) is 12.8 Å². The number of rotatable bonds is 8. The van der Waals surface area contributed by atoms with Crippen LogP contribution >= 0.6 is 11.3 Å². The SMILES string of the molecule is CCNC(=NCc1nc(C(C)C)cs1)NCCN1CCN(C(=O)C2CCCC2)CC1. The van der Waals surface area contributed by atoms with E-state index in [2.05, 4.69) is 56.6 Å². The van der Waals surface area contributed by atoms with Gasteiger partial charge in [0, 0.05) is 57.1 Å². The van der Waals surface area contributed by atoms with Crippen molar-refractivity contribution in [3.63, 3.8) is 0 Å². The van der Waals surface area contributed by atoms with Gasteiger partial charge in [-0.15, -0.1) is 11.3 Å². The first-order valence-corrected chi connectivity index (χ1v) is 12.4. The second kappa shape index (κ2) is 11.6. The molecule has 2 N–H and O–H groups in total. The van der Waals surface area contributed by atoms with E-state index < -0.39 is 0 Å². The van der Waals surface area contributed by atoms with Crippen LogP contribution < -0.4 is 10.6 Å². The van der Waals surface area contributed by atoms with Crippen LogP contribution in [0.1, 0.15) is 63.1 Å². The summed E-state index contributed by atoms with van der Waals surface area (Å²) in [4.78, 5) is 26.5. The normalized spacial score (nSPS) is 18.9. The van der Waals surface area contributed by atoms with Crippen LogP contribution in [-0.4, -0.2) is 72.5 Å². The number of carbonyl (C=O) groups is 1. The number of amides is 1. The van der Waals surface area contributed by atoms with Crippen LogP contribution in [0.3, 0.4) is 0 Å². The van der Waals surface area contributed by atoms with E-state index in [0.29, 0.717) is 24.3 Å². The zero-order chi connectivity index (χ0) is 21.3. The minimum absolute atomic E-state index is 0.298. The highest BCUT2D eigenvalue weighted by Gasteiger charge is 2.29. The molecule has 0 spiro atoms. The molecule has 1 aromatic heterocycles. The Balaban J connectivity index is 1.38. The van der Waals surface area contributed by atoms with E-state index in [1.54, 1.807) is 11.3 Å². The van der Waals surface area contributed by atoms with Gasteiger partial charge in [-0.2, -0.15) is 0 Å². The van der Waals surface area contributed by atoms with Crippen molar-refractivity contribution in [3.8, 4) is 0 Å². The number of thiazole rings is 1. The number of hydrogen-bond donors (Lipinski definition) is 2. The van der Waals surface area contributed by atoms with E-state index in [4.69, 9.17) is 0 Å². The number of hydrogen-bond acceptors (Lipinski definition) is 5. The van der Waals surface area contributed by atoms with Gasteiger partial charge < -0.3 is 15.5 Å². The first kappa shape index (κ1) is 23.0. The molecule has 3 rings (SSSR count). The molecule has 1 saturated heterocycles. The van der Waals surface area contributed by atoms with Gasteiger partial charge in [0.25, 0.3) is 0 Å². The van der Waals surface area contributed by atoms with Crippen LogP contribution in [0, 0.1) is 5.92 Å². The van der Waals surface area contributed by atoms with Gasteiger partial charge >= 0.3 is 0 Å². The maximum atomic E-state index is 12.6. The summed E-state index contributed by atoms with van der Waals surface area (Å²) in [6.07, 6.45) is 4.63. The Bertz CT molecular complexity index is 690. The highest BCUT2D eigenvalue weighted by atomic mass is 32.1. The van der Waals surface area contributed by atoms with Crippen molar-refractivity contribution in [2.45, 2.75) is 58.9 Å². The lowest BCUT2D eigenvalue weighted by atomic mass is 10.1. The van der Waals surface area contributed by atoms with Gasteiger partial charge in [0.1, 0.15) is 5.01 Å². The van der Waals surface area contributed by atoms with Crippen molar-refractivity contribution in [1.82, 2.24) is 25.4 Å². The van der Waals surface area contributed by atoms with Crippen molar-refractivity contribution in [3.05, 3.63) is 16.1 Å². The Morgan fingerprint density at radius 3 is 2.60 bits per heavy atom. The Morgan fingerprint density at radius 1 is 1.23 bits per heavy atom. The molecule has 0 aromatic carbocycles. The Morgan fingerprint density at radius 2 is 1.97 bits per heavy atom. The van der Waals surface area contributed by atoms with Crippen LogP contribution in [0.25, 0.3) is 0 Å². The molecule has 2 fully saturated rings. The first-order valence-electron chi connectivity index (χ1n) is 11.5. The third kappa shape index (κ3) is 6.67. The van der Waals surface area contributed by atoms with Crippen molar-refractivity contribution >= 4 is 23.2 Å². The van der Waals surface area contributed by atoms with Crippen molar-refractivity contribution in [2.24, 2.45) is 10.9 Å². The highest BCUT2D eigenvalue weighted by molar-refractivity contribution is 7.09. The second-order valence-corrected chi connectivity index (χ2v) is 9.53. The van der Waals surface area contributed by atoms with Crippen molar-refractivity contribution in [1.29, 1.82) is 0 Å². The molecule has 1 aliphatic carbocycles. The van der Waals surface area contributed by atoms with Crippen molar-refractivity contribution in [2.75, 3.05) is 45.8 Å². The molecule has 2 aliphatic rings. The van der Waals surface area contributed by atoms with E-state index in [0.717, 1.165) is 75.3 Å². The van der Waals surface area contributed by atoms with Gasteiger partial charge in [0.2, 0.25) is 5.91 Å². The van der Waals surface area contributed by atoms with Crippen molar-refractivity contribution < 1.29 is 4.79 Å². The fourth-order valence-electron chi connectivity index (χ4n) is 4.11. The zero-order valence-corrected chi connectivity index (χ0v) is 19.6. The monoisotopic (exact) mass is 434 g/mol. The van der Waals surface area contributed by atoms with Gasteiger partial charge in [0.15, 0.2) is 5.96 Å². The van der Waals surface area contributed by atoms with Gasteiger partial charge in [-0.25, -0.2) is 9.98 Å². The fourth-order valence-corrected chi connectivity index (χ4v) is 4.99. The Labute approximate surface area is 185 Å². The van der Waals surface area contributed by atoms with Crippen LogP contribution in [0.15, 0.2) is 10.4 Å². The molecule has 8 heteroatoms. The number of aliphatic imine (C=N–C) groups is 1. The lowest BCUT2D eigenvalue weighted by Crippen LogP contribution is -2.51. The van der Waals surface area contributed by atoms with E-state index in [-0.39, 0.29) is 0 Å². The van der Waals surface area contributed by atoms with Gasteiger partial charge in [-0.1, -0.05) is 26.7 Å². The topological polar surface area (TPSA) is 72.9 Å². The molecular formula is C22H38N6OS. The average molecular weight is 435 g/mol. The van der Waals surface area contributed by atoms with Crippen LogP contribution in [0.4, 0.5) is 0 Å². The van der Waals surface area contributed by atoms with Gasteiger partial charge in [0.05, 0.1) is 12.2 Å². The molecule has 1 amide bonds. The summed E-state index contributed by atoms with van der Waals surface area (Å²) in [6, 6.07) is 0. The molecular weight excluding hydrogens is 396 g/mol. The number of carbonyl (C=O) groups excluding carboxylic acids is 1. The fraction of sp³-hybridized carbons (Fsp3) is 0.773. The molecule has 0 bridgehead atoms. The standard InChI is InChI=1S/C22H38N6OS/c1-4-23-22(25-15-20-26-19(16-30-20)17(2)3)24-9-10-27-11-13-28(14-12-27)21(29)18-7-5-6-8-18/h16-18H,4-15H2,1-3H3,(H2,23,24,25).